The number of para-hydroxylation sites is 1. The second-order valence-electron chi connectivity index (χ2n) is 5.64. The van der Waals surface area contributed by atoms with Gasteiger partial charge in [-0.2, -0.15) is 0 Å². The lowest BCUT2D eigenvalue weighted by Crippen LogP contribution is -2.23. The Bertz CT molecular complexity index is 698. The lowest BCUT2D eigenvalue weighted by Gasteiger charge is -2.09. The van der Waals surface area contributed by atoms with E-state index in [-0.39, 0.29) is 0 Å². The molecule has 1 heterocycles. The van der Waals surface area contributed by atoms with Crippen LogP contribution in [0.4, 0.5) is 0 Å². The lowest BCUT2D eigenvalue weighted by atomic mass is 10.1. The number of aliphatic hydroxyl groups is 1. The van der Waals surface area contributed by atoms with Crippen LogP contribution < -0.4 is 5.32 Å². The summed E-state index contributed by atoms with van der Waals surface area (Å²) in [5.74, 6) is 0.615. The minimum absolute atomic E-state index is 0.492. The molecule has 0 amide bonds. The van der Waals surface area contributed by atoms with E-state index in [4.69, 9.17) is 4.42 Å². The Kier molecular flexibility index (Phi) is 4.56. The number of rotatable bonds is 6. The topological polar surface area (TPSA) is 45.4 Å². The molecule has 2 aromatic carbocycles. The van der Waals surface area contributed by atoms with Gasteiger partial charge in [0, 0.05) is 11.9 Å². The van der Waals surface area contributed by atoms with Crippen LogP contribution in [-0.2, 0) is 6.42 Å². The van der Waals surface area contributed by atoms with Crippen molar-refractivity contribution in [3.8, 4) is 0 Å². The first-order chi connectivity index (χ1) is 10.7. The SMILES string of the molecule is Cc1ccc(CCNCC(O)c2cc3ccccc3o2)cc1. The highest BCUT2D eigenvalue weighted by atomic mass is 16.4. The average Bonchev–Trinajstić information content (AvgIpc) is 2.97. The maximum Gasteiger partial charge on any atom is 0.135 e. The van der Waals surface area contributed by atoms with E-state index in [0.29, 0.717) is 12.3 Å². The maximum atomic E-state index is 10.2. The summed E-state index contributed by atoms with van der Waals surface area (Å²) in [6, 6.07) is 18.2. The van der Waals surface area contributed by atoms with Crippen LogP contribution in [0.3, 0.4) is 0 Å². The highest BCUT2D eigenvalue weighted by Gasteiger charge is 2.12. The predicted octanol–water partition coefficient (Wildman–Crippen LogP) is 3.61. The van der Waals surface area contributed by atoms with E-state index >= 15 is 0 Å². The molecule has 3 aromatic rings. The summed E-state index contributed by atoms with van der Waals surface area (Å²) in [7, 11) is 0. The minimum atomic E-state index is -0.620. The lowest BCUT2D eigenvalue weighted by molar-refractivity contribution is 0.150. The molecular formula is C19H21NO2. The number of nitrogens with one attached hydrogen (secondary N) is 1. The van der Waals surface area contributed by atoms with E-state index in [1.54, 1.807) is 0 Å². The monoisotopic (exact) mass is 295 g/mol. The Balaban J connectivity index is 1.49. The standard InChI is InChI=1S/C19H21NO2/c1-14-6-8-15(9-7-14)10-11-20-13-17(21)19-12-16-4-2-3-5-18(16)22-19/h2-9,12,17,20-21H,10-11,13H2,1H3. The number of hydrogen-bond acceptors (Lipinski definition) is 3. The van der Waals surface area contributed by atoms with Crippen molar-refractivity contribution in [2.45, 2.75) is 19.4 Å². The zero-order valence-electron chi connectivity index (χ0n) is 12.8. The molecule has 1 aromatic heterocycles. The van der Waals surface area contributed by atoms with Crippen LogP contribution in [0.1, 0.15) is 23.0 Å². The molecule has 0 bridgehead atoms. The van der Waals surface area contributed by atoms with E-state index in [9.17, 15) is 5.11 Å². The maximum absolute atomic E-state index is 10.2. The zero-order valence-corrected chi connectivity index (χ0v) is 12.8. The molecule has 1 atom stereocenters. The van der Waals surface area contributed by atoms with Crippen molar-refractivity contribution in [2.75, 3.05) is 13.1 Å². The fourth-order valence-corrected chi connectivity index (χ4v) is 2.49. The van der Waals surface area contributed by atoms with E-state index in [2.05, 4.69) is 36.5 Å². The van der Waals surface area contributed by atoms with Crippen molar-refractivity contribution < 1.29 is 9.52 Å². The van der Waals surface area contributed by atoms with Gasteiger partial charge in [-0.25, -0.2) is 0 Å². The molecule has 3 nitrogen and oxygen atoms in total. The molecule has 2 N–H and O–H groups in total. The summed E-state index contributed by atoms with van der Waals surface area (Å²) < 4.78 is 5.67. The van der Waals surface area contributed by atoms with Crippen LogP contribution in [0.2, 0.25) is 0 Å². The van der Waals surface area contributed by atoms with Gasteiger partial charge in [-0.15, -0.1) is 0 Å². The molecular weight excluding hydrogens is 274 g/mol. The molecule has 0 aliphatic rings. The van der Waals surface area contributed by atoms with Crippen molar-refractivity contribution in [3.63, 3.8) is 0 Å². The molecule has 0 aliphatic carbocycles. The van der Waals surface area contributed by atoms with Gasteiger partial charge in [-0.3, -0.25) is 0 Å². The summed E-state index contributed by atoms with van der Waals surface area (Å²) in [5.41, 5.74) is 3.39. The Morgan fingerprint density at radius 2 is 1.86 bits per heavy atom. The number of aliphatic hydroxyl groups excluding tert-OH is 1. The molecule has 0 spiro atoms. The fourth-order valence-electron chi connectivity index (χ4n) is 2.49. The van der Waals surface area contributed by atoms with E-state index in [1.807, 2.05) is 30.3 Å². The third kappa shape index (κ3) is 3.56. The van der Waals surface area contributed by atoms with Crippen LogP contribution in [0.5, 0.6) is 0 Å². The third-order valence-electron chi connectivity index (χ3n) is 3.82. The van der Waals surface area contributed by atoms with Gasteiger partial charge in [-0.1, -0.05) is 48.0 Å². The number of aryl methyl sites for hydroxylation is 1. The van der Waals surface area contributed by atoms with E-state index < -0.39 is 6.10 Å². The Hall–Kier alpha value is -2.10. The molecule has 0 saturated heterocycles. The number of benzene rings is 2. The van der Waals surface area contributed by atoms with Gasteiger partial charge in [0.15, 0.2) is 0 Å². The van der Waals surface area contributed by atoms with Crippen molar-refractivity contribution in [2.24, 2.45) is 0 Å². The zero-order chi connectivity index (χ0) is 15.4. The molecule has 0 fully saturated rings. The first kappa shape index (κ1) is 14.8. The van der Waals surface area contributed by atoms with E-state index in [1.165, 1.54) is 11.1 Å². The number of hydrogen-bond donors (Lipinski definition) is 2. The van der Waals surface area contributed by atoms with Gasteiger partial charge in [0.25, 0.3) is 0 Å². The van der Waals surface area contributed by atoms with Gasteiger partial charge >= 0.3 is 0 Å². The molecule has 22 heavy (non-hydrogen) atoms. The number of furan rings is 1. The summed E-state index contributed by atoms with van der Waals surface area (Å²) in [5, 5.41) is 14.5. The van der Waals surface area contributed by atoms with Gasteiger partial charge < -0.3 is 14.8 Å². The van der Waals surface area contributed by atoms with Gasteiger partial charge in [0.1, 0.15) is 17.4 Å². The predicted molar refractivity (Wildman–Crippen MR) is 88.9 cm³/mol. The fraction of sp³-hybridized carbons (Fsp3) is 0.263. The molecule has 114 valence electrons. The number of fused-ring (bicyclic) bond motifs is 1. The quantitative estimate of drug-likeness (QED) is 0.683. The highest BCUT2D eigenvalue weighted by molar-refractivity contribution is 5.77. The second kappa shape index (κ2) is 6.77. The van der Waals surface area contributed by atoms with E-state index in [0.717, 1.165) is 23.9 Å². The minimum Gasteiger partial charge on any atom is -0.458 e. The Morgan fingerprint density at radius 1 is 1.09 bits per heavy atom. The molecule has 0 saturated carbocycles. The first-order valence-corrected chi connectivity index (χ1v) is 7.65. The molecule has 3 rings (SSSR count). The molecule has 3 heteroatoms. The largest absolute Gasteiger partial charge is 0.458 e. The van der Waals surface area contributed by atoms with Gasteiger partial charge in [-0.05, 0) is 37.6 Å². The van der Waals surface area contributed by atoms with Crippen LogP contribution in [0.25, 0.3) is 11.0 Å². The Morgan fingerprint density at radius 3 is 2.64 bits per heavy atom. The van der Waals surface area contributed by atoms with Gasteiger partial charge in [0.05, 0.1) is 0 Å². The van der Waals surface area contributed by atoms with Crippen LogP contribution >= 0.6 is 0 Å². The first-order valence-electron chi connectivity index (χ1n) is 7.65. The summed E-state index contributed by atoms with van der Waals surface area (Å²) in [6.07, 6.45) is 0.332. The van der Waals surface area contributed by atoms with Crippen molar-refractivity contribution in [1.29, 1.82) is 0 Å². The van der Waals surface area contributed by atoms with Crippen LogP contribution in [0, 0.1) is 6.92 Å². The molecule has 0 radical (unpaired) electrons. The summed E-state index contributed by atoms with van der Waals surface area (Å²) in [4.78, 5) is 0. The average molecular weight is 295 g/mol. The van der Waals surface area contributed by atoms with Crippen molar-refractivity contribution in [1.82, 2.24) is 5.32 Å². The molecule has 1 unspecified atom stereocenters. The van der Waals surface area contributed by atoms with Crippen molar-refractivity contribution >= 4 is 11.0 Å². The summed E-state index contributed by atoms with van der Waals surface area (Å²) >= 11 is 0. The van der Waals surface area contributed by atoms with Crippen molar-refractivity contribution in [3.05, 3.63) is 71.5 Å². The van der Waals surface area contributed by atoms with Crippen LogP contribution in [-0.4, -0.2) is 18.2 Å². The second-order valence-corrected chi connectivity index (χ2v) is 5.64. The Labute approximate surface area is 130 Å². The summed E-state index contributed by atoms with van der Waals surface area (Å²) in [6.45, 7) is 3.41. The smallest absolute Gasteiger partial charge is 0.135 e. The highest BCUT2D eigenvalue weighted by Crippen LogP contribution is 2.23. The third-order valence-corrected chi connectivity index (χ3v) is 3.82. The molecule has 0 aliphatic heterocycles. The van der Waals surface area contributed by atoms with Crippen LogP contribution in [0.15, 0.2) is 59.0 Å². The van der Waals surface area contributed by atoms with Gasteiger partial charge in [0.2, 0.25) is 0 Å². The normalized spacial score (nSPS) is 12.6.